The number of hydrogen-bond acceptors (Lipinski definition) is 11. The Hall–Kier alpha value is -2.51. The molecule has 6 N–H and O–H groups in total. The van der Waals surface area contributed by atoms with E-state index >= 15 is 0 Å². The molecule has 11 heteroatoms. The average Bonchev–Trinajstić information content (AvgIpc) is 3.24. The summed E-state index contributed by atoms with van der Waals surface area (Å²) in [7, 11) is 0. The van der Waals surface area contributed by atoms with Gasteiger partial charge in [0, 0.05) is 24.5 Å². The van der Waals surface area contributed by atoms with Crippen molar-refractivity contribution in [1.29, 1.82) is 0 Å². The number of fused-ring (bicyclic) bond motifs is 1. The Balaban J connectivity index is 1.47. The Morgan fingerprint density at radius 1 is 1.06 bits per heavy atom. The third-order valence-corrected chi connectivity index (χ3v) is 7.05. The summed E-state index contributed by atoms with van der Waals surface area (Å²) in [5.74, 6) is -1.64. The molecule has 1 saturated heterocycles. The minimum atomic E-state index is -1.61. The summed E-state index contributed by atoms with van der Waals surface area (Å²) in [6, 6.07) is 6.31. The fourth-order valence-corrected chi connectivity index (χ4v) is 5.17. The van der Waals surface area contributed by atoms with Crippen molar-refractivity contribution in [3.05, 3.63) is 47.7 Å². The van der Waals surface area contributed by atoms with E-state index in [1.54, 1.807) is 18.2 Å². The van der Waals surface area contributed by atoms with Crippen molar-refractivity contribution in [3.8, 4) is 5.75 Å². The number of phenolic OH excluding ortho intramolecular Hbond substituents is 1. The lowest BCUT2D eigenvalue weighted by Gasteiger charge is -2.43. The number of ether oxygens (including phenoxy) is 4. The van der Waals surface area contributed by atoms with Gasteiger partial charge in [-0.2, -0.15) is 0 Å². The highest BCUT2D eigenvalue weighted by atomic mass is 16.8. The minimum absolute atomic E-state index is 0.115. The van der Waals surface area contributed by atoms with Gasteiger partial charge in [-0.3, -0.25) is 0 Å². The monoisotopic (exact) mass is 508 g/mol. The van der Waals surface area contributed by atoms with Crippen LogP contribution in [0.3, 0.4) is 0 Å². The molecule has 198 valence electrons. The van der Waals surface area contributed by atoms with Gasteiger partial charge >= 0.3 is 5.97 Å². The highest BCUT2D eigenvalue weighted by Crippen LogP contribution is 2.48. The molecule has 1 aromatic carbocycles. The molecule has 2 heterocycles. The molecule has 0 radical (unpaired) electrons. The first-order chi connectivity index (χ1) is 17.2. The number of esters is 1. The average molecular weight is 509 g/mol. The topological polar surface area (TPSA) is 175 Å². The Labute approximate surface area is 207 Å². The van der Waals surface area contributed by atoms with Gasteiger partial charge in [0.2, 0.25) is 6.29 Å². The smallest absolute Gasteiger partial charge is 0.331 e. The number of benzene rings is 1. The molecule has 10 atom stereocenters. The maximum atomic E-state index is 12.6. The van der Waals surface area contributed by atoms with Gasteiger partial charge in [-0.05, 0) is 48.6 Å². The first-order valence-corrected chi connectivity index (χ1v) is 11.8. The van der Waals surface area contributed by atoms with E-state index < -0.39 is 61.6 Å². The highest BCUT2D eigenvalue weighted by molar-refractivity contribution is 5.87. The Kier molecular flexibility index (Phi) is 8.30. The summed E-state index contributed by atoms with van der Waals surface area (Å²) in [5.41, 5.74) is 1.49. The summed E-state index contributed by atoms with van der Waals surface area (Å²) < 4.78 is 22.7. The summed E-state index contributed by atoms with van der Waals surface area (Å²) in [6.45, 7) is 0.981. The van der Waals surface area contributed by atoms with Crippen molar-refractivity contribution in [2.75, 3.05) is 13.2 Å². The number of phenols is 1. The van der Waals surface area contributed by atoms with E-state index in [2.05, 4.69) is 0 Å². The van der Waals surface area contributed by atoms with E-state index in [1.165, 1.54) is 24.5 Å². The second kappa shape index (κ2) is 11.3. The molecule has 0 amide bonds. The molecule has 3 aliphatic rings. The molecule has 0 spiro atoms. The quantitative estimate of drug-likeness (QED) is 0.209. The molecule has 2 aliphatic heterocycles. The number of aliphatic hydroxyl groups is 5. The van der Waals surface area contributed by atoms with E-state index in [1.807, 2.05) is 6.92 Å². The van der Waals surface area contributed by atoms with Crippen LogP contribution in [-0.2, 0) is 23.7 Å². The lowest BCUT2D eigenvalue weighted by atomic mass is 9.83. The van der Waals surface area contributed by atoms with Crippen molar-refractivity contribution in [2.24, 2.45) is 17.8 Å². The number of aliphatic hydroxyl groups excluding tert-OH is 5. The van der Waals surface area contributed by atoms with Crippen molar-refractivity contribution < 1.29 is 54.4 Å². The van der Waals surface area contributed by atoms with Gasteiger partial charge in [-0.25, -0.2) is 4.79 Å². The molecule has 0 unspecified atom stereocenters. The van der Waals surface area contributed by atoms with Gasteiger partial charge in [0.1, 0.15) is 36.3 Å². The van der Waals surface area contributed by atoms with E-state index in [-0.39, 0.29) is 24.2 Å². The number of carbonyl (C=O) groups excluding carboxylic acids is 1. The Morgan fingerprint density at radius 3 is 2.44 bits per heavy atom. The molecule has 0 aromatic heterocycles. The van der Waals surface area contributed by atoms with Crippen LogP contribution in [0.5, 0.6) is 5.75 Å². The molecule has 4 rings (SSSR count). The van der Waals surface area contributed by atoms with Crippen LogP contribution in [0.15, 0.2) is 42.2 Å². The van der Waals surface area contributed by atoms with Crippen molar-refractivity contribution in [1.82, 2.24) is 0 Å². The number of carbonyl (C=O) groups is 1. The van der Waals surface area contributed by atoms with Crippen LogP contribution in [0.2, 0.25) is 0 Å². The first kappa shape index (κ1) is 26.6. The van der Waals surface area contributed by atoms with Gasteiger partial charge < -0.3 is 49.6 Å². The van der Waals surface area contributed by atoms with Crippen LogP contribution in [-0.4, -0.2) is 92.9 Å². The fourth-order valence-electron chi connectivity index (χ4n) is 5.17. The van der Waals surface area contributed by atoms with E-state index in [0.717, 1.165) is 5.57 Å². The molecule has 1 saturated carbocycles. The van der Waals surface area contributed by atoms with Gasteiger partial charge in [0.25, 0.3) is 0 Å². The predicted octanol–water partition coefficient (Wildman–Crippen LogP) is -0.362. The SMILES string of the molecule is CC1=CO[C@@H](O[C@@H]2O[C@@H](CO)[C@@H](O)[C@@H](O)[C@H]2O)[C@H]2[C@@H](CO)C[C@@H](OC(=O)C=Cc3ccc(O)cc3)[C@H]12. The zero-order chi connectivity index (χ0) is 26.0. The van der Waals surface area contributed by atoms with Crippen LogP contribution in [0.1, 0.15) is 18.9 Å². The summed E-state index contributed by atoms with van der Waals surface area (Å²) >= 11 is 0. The van der Waals surface area contributed by atoms with Crippen molar-refractivity contribution >= 4 is 12.0 Å². The lowest BCUT2D eigenvalue weighted by Crippen LogP contribution is -2.60. The van der Waals surface area contributed by atoms with Gasteiger partial charge in [-0.15, -0.1) is 0 Å². The zero-order valence-corrected chi connectivity index (χ0v) is 19.7. The molecule has 36 heavy (non-hydrogen) atoms. The molecule has 1 aromatic rings. The standard InChI is InChI=1S/C25H32O11/c1-12-11-33-24(36-25-23(32)22(31)21(30)17(10-27)35-25)20-14(9-26)8-16(19(12)20)34-18(29)7-4-13-2-5-15(28)6-3-13/h2-7,11,14,16-17,19-28,30-32H,8-10H2,1H3/t14-,16-,17+,19+,20+,21-,22-,23-,24+,25+/m1/s1. The van der Waals surface area contributed by atoms with E-state index in [4.69, 9.17) is 18.9 Å². The third-order valence-electron chi connectivity index (χ3n) is 7.05. The maximum Gasteiger partial charge on any atom is 0.331 e. The third kappa shape index (κ3) is 5.42. The van der Waals surface area contributed by atoms with Crippen molar-refractivity contribution in [2.45, 2.75) is 56.4 Å². The summed E-state index contributed by atoms with van der Waals surface area (Å²) in [6.07, 6.45) is -4.24. The molecule has 0 bridgehead atoms. The number of hydrogen-bond donors (Lipinski definition) is 6. The summed E-state index contributed by atoms with van der Waals surface area (Å²) in [4.78, 5) is 12.6. The number of rotatable bonds is 7. The first-order valence-electron chi connectivity index (χ1n) is 11.8. The van der Waals surface area contributed by atoms with Crippen LogP contribution >= 0.6 is 0 Å². The largest absolute Gasteiger partial charge is 0.508 e. The second-order valence-corrected chi connectivity index (χ2v) is 9.38. The Morgan fingerprint density at radius 2 is 1.78 bits per heavy atom. The predicted molar refractivity (Wildman–Crippen MR) is 123 cm³/mol. The number of aromatic hydroxyl groups is 1. The molecule has 1 aliphatic carbocycles. The zero-order valence-electron chi connectivity index (χ0n) is 19.7. The normalized spacial score (nSPS) is 38.3. The molecular weight excluding hydrogens is 476 g/mol. The van der Waals surface area contributed by atoms with Gasteiger partial charge in [-0.1, -0.05) is 12.1 Å². The molecule has 11 nitrogen and oxygen atoms in total. The van der Waals surface area contributed by atoms with Crippen LogP contribution < -0.4 is 0 Å². The molecular formula is C25H32O11. The van der Waals surface area contributed by atoms with Crippen LogP contribution in [0.25, 0.3) is 6.08 Å². The minimum Gasteiger partial charge on any atom is -0.508 e. The van der Waals surface area contributed by atoms with Crippen LogP contribution in [0, 0.1) is 17.8 Å². The van der Waals surface area contributed by atoms with Crippen molar-refractivity contribution in [3.63, 3.8) is 0 Å². The molecule has 2 fully saturated rings. The van der Waals surface area contributed by atoms with E-state index in [9.17, 15) is 35.4 Å². The second-order valence-electron chi connectivity index (χ2n) is 9.38. The highest BCUT2D eigenvalue weighted by Gasteiger charge is 2.54. The van der Waals surface area contributed by atoms with Gasteiger partial charge in [0.15, 0.2) is 6.29 Å². The van der Waals surface area contributed by atoms with E-state index in [0.29, 0.717) is 12.0 Å². The fraction of sp³-hybridized carbons (Fsp3) is 0.560. The maximum absolute atomic E-state index is 12.6. The van der Waals surface area contributed by atoms with Gasteiger partial charge in [0.05, 0.1) is 12.9 Å². The Bertz CT molecular complexity index is 959. The summed E-state index contributed by atoms with van der Waals surface area (Å²) in [5, 5.41) is 59.3. The lowest BCUT2D eigenvalue weighted by molar-refractivity contribution is -0.343. The van der Waals surface area contributed by atoms with Crippen LogP contribution in [0.4, 0.5) is 0 Å².